The number of aromatic nitrogens is 3. The predicted octanol–water partition coefficient (Wildman–Crippen LogP) is 17.8. The lowest BCUT2D eigenvalue weighted by molar-refractivity contribution is 0.591. The fourth-order valence-electron chi connectivity index (χ4n) is 12.0. The Balaban J connectivity index is 1.16. The van der Waals surface area contributed by atoms with Crippen LogP contribution in [0.25, 0.3) is 126 Å². The van der Waals surface area contributed by atoms with Crippen molar-refractivity contribution in [3.05, 3.63) is 174 Å². The van der Waals surface area contributed by atoms with E-state index in [1.807, 2.05) is 0 Å². The molecular weight excluding hydrogens is 811 g/mol. The summed E-state index contributed by atoms with van der Waals surface area (Å²) in [6.45, 7) is 21.1. The van der Waals surface area contributed by atoms with Gasteiger partial charge < -0.3 is 13.4 Å². The summed E-state index contributed by atoms with van der Waals surface area (Å²) in [6, 6.07) is 60.7. The third-order valence-electron chi connectivity index (χ3n) is 15.5. The molecule has 0 spiro atoms. The minimum absolute atomic E-state index is 0.0395. The zero-order valence-electron chi connectivity index (χ0n) is 39.9. The van der Waals surface area contributed by atoms with E-state index in [1.54, 1.807) is 0 Å². The van der Waals surface area contributed by atoms with Crippen LogP contribution < -0.4 is 0 Å². The van der Waals surface area contributed by atoms with Crippen LogP contribution in [0.15, 0.2) is 158 Å². The molecular formula is C64H53N3. The Morgan fingerprint density at radius 1 is 0.313 bits per heavy atom. The minimum atomic E-state index is -0.0660. The van der Waals surface area contributed by atoms with E-state index < -0.39 is 0 Å². The van der Waals surface area contributed by atoms with Gasteiger partial charge in [-0.3, -0.25) is 0 Å². The lowest BCUT2D eigenvalue weighted by atomic mass is 9.83. The highest BCUT2D eigenvalue weighted by Crippen LogP contribution is 2.50. The molecule has 0 saturated carbocycles. The molecule has 0 amide bonds. The third-order valence-corrected chi connectivity index (χ3v) is 15.5. The molecule has 67 heavy (non-hydrogen) atoms. The number of rotatable bonds is 2. The van der Waals surface area contributed by atoms with Crippen LogP contribution in [0.5, 0.6) is 0 Å². The molecule has 9 aromatic carbocycles. The Morgan fingerprint density at radius 3 is 1.57 bits per heavy atom. The zero-order chi connectivity index (χ0) is 45.6. The average molecular weight is 864 g/mol. The van der Waals surface area contributed by atoms with Gasteiger partial charge in [0.25, 0.3) is 0 Å². The van der Waals surface area contributed by atoms with Crippen molar-refractivity contribution in [2.45, 2.75) is 78.6 Å². The fraction of sp³-hybridized carbons (Fsp3) is 0.188. The maximum Gasteiger partial charge on any atom is 0.0626 e. The molecule has 5 heterocycles. The molecule has 14 aromatic rings. The Kier molecular flexibility index (Phi) is 7.39. The van der Waals surface area contributed by atoms with Crippen molar-refractivity contribution in [2.75, 3.05) is 0 Å². The molecule has 3 heteroatoms. The van der Waals surface area contributed by atoms with Gasteiger partial charge in [-0.15, -0.1) is 0 Å². The van der Waals surface area contributed by atoms with Crippen molar-refractivity contribution in [3.8, 4) is 16.8 Å². The van der Waals surface area contributed by atoms with E-state index >= 15 is 0 Å². The fourth-order valence-corrected chi connectivity index (χ4v) is 12.0. The molecule has 0 bridgehead atoms. The van der Waals surface area contributed by atoms with Crippen LogP contribution in [0.1, 0.15) is 79.0 Å². The van der Waals surface area contributed by atoms with E-state index in [-0.39, 0.29) is 16.2 Å². The summed E-state index contributed by atoms with van der Waals surface area (Å²) in [5, 5.41) is 15.7. The summed E-state index contributed by atoms with van der Waals surface area (Å²) in [6.07, 6.45) is 0. The summed E-state index contributed by atoms with van der Waals surface area (Å²) < 4.78 is 7.67. The molecule has 0 radical (unpaired) electrons. The molecule has 0 saturated heterocycles. The van der Waals surface area contributed by atoms with Crippen LogP contribution in [-0.4, -0.2) is 13.4 Å². The van der Waals surface area contributed by atoms with Gasteiger partial charge in [-0.25, -0.2) is 0 Å². The van der Waals surface area contributed by atoms with E-state index in [9.17, 15) is 0 Å². The third kappa shape index (κ3) is 5.18. The highest BCUT2D eigenvalue weighted by Gasteiger charge is 2.29. The molecule has 0 N–H and O–H groups in total. The molecule has 14 rings (SSSR count). The molecule has 324 valence electrons. The largest absolute Gasteiger partial charge is 0.309 e. The van der Waals surface area contributed by atoms with Crippen molar-refractivity contribution in [1.82, 2.24) is 13.4 Å². The Labute approximate surface area is 390 Å². The number of benzene rings is 9. The van der Waals surface area contributed by atoms with E-state index in [0.29, 0.717) is 0 Å². The maximum absolute atomic E-state index is 2.65. The smallest absolute Gasteiger partial charge is 0.0626 e. The van der Waals surface area contributed by atoms with Gasteiger partial charge >= 0.3 is 0 Å². The first kappa shape index (κ1) is 38.9. The van der Waals surface area contributed by atoms with Gasteiger partial charge in [-0.2, -0.15) is 0 Å². The number of hydrogen-bond donors (Lipinski definition) is 0. The van der Waals surface area contributed by atoms with Crippen molar-refractivity contribution in [3.63, 3.8) is 0 Å². The van der Waals surface area contributed by atoms with Gasteiger partial charge in [0.05, 0.1) is 44.1 Å². The van der Waals surface area contributed by atoms with Crippen molar-refractivity contribution >= 4 is 109 Å². The van der Waals surface area contributed by atoms with Crippen LogP contribution in [-0.2, 0) is 16.2 Å². The monoisotopic (exact) mass is 863 g/mol. The first-order valence-corrected chi connectivity index (χ1v) is 24.1. The molecule has 0 atom stereocenters. The molecule has 0 fully saturated rings. The number of hydrogen-bond acceptors (Lipinski definition) is 0. The second-order valence-electron chi connectivity index (χ2n) is 22.7. The predicted molar refractivity (Wildman–Crippen MR) is 289 cm³/mol. The van der Waals surface area contributed by atoms with Gasteiger partial charge in [0, 0.05) is 65.1 Å². The molecule has 3 nitrogen and oxygen atoms in total. The highest BCUT2D eigenvalue weighted by atomic mass is 15.0. The standard InChI is InChI=1S/C64H53N3/c1-62(2,3)38-24-26-55-52(29-38)58-42-20-14-13-17-36(42)28-48-46-35-57-47(34-56(46)66(55)61(48)58)49-31-40(64(7,8)9)33-51-50-32-39(63(4,5)6)30-44(59(50)67(57)60(49)51)37-23-25-54-45(27-37)43-21-15-16-22-53(43)65(54)41-18-11-10-12-19-41/h10-35H,1-9H3. The average Bonchev–Trinajstić information content (AvgIpc) is 4.09. The van der Waals surface area contributed by atoms with Gasteiger partial charge in [-0.1, -0.05) is 135 Å². The summed E-state index contributed by atoms with van der Waals surface area (Å²) in [5.74, 6) is 0. The maximum atomic E-state index is 2.65. The number of para-hydroxylation sites is 2. The molecule has 0 aliphatic carbocycles. The topological polar surface area (TPSA) is 13.8 Å². The second kappa shape index (κ2) is 12.7. The van der Waals surface area contributed by atoms with Gasteiger partial charge in [0.1, 0.15) is 0 Å². The minimum Gasteiger partial charge on any atom is -0.309 e. The van der Waals surface area contributed by atoms with Crippen molar-refractivity contribution in [1.29, 1.82) is 0 Å². The SMILES string of the molecule is CC(C)(C)c1ccc2c(c1)c1c3ccccc3cc3c4cc5c(cc4n2c31)c1cc(C(C)(C)C)cc2c3cc(C(C)(C)C)cc(-c4ccc6c(c4)c4ccccc4n6-c4ccccc4)c3n5c12. The lowest BCUT2D eigenvalue weighted by Gasteiger charge is -2.22. The van der Waals surface area contributed by atoms with Gasteiger partial charge in [0.15, 0.2) is 0 Å². The van der Waals surface area contributed by atoms with Crippen LogP contribution in [0.4, 0.5) is 0 Å². The van der Waals surface area contributed by atoms with E-state index in [2.05, 4.69) is 233 Å². The number of nitrogens with zero attached hydrogens (tertiary/aromatic N) is 3. The quantitative estimate of drug-likeness (QED) is 0.164. The molecule has 0 unspecified atom stereocenters. The number of fused-ring (bicyclic) bond motifs is 17. The second-order valence-corrected chi connectivity index (χ2v) is 22.7. The highest BCUT2D eigenvalue weighted by molar-refractivity contribution is 6.34. The van der Waals surface area contributed by atoms with Gasteiger partial charge in [-0.05, 0) is 134 Å². The summed E-state index contributed by atoms with van der Waals surface area (Å²) in [4.78, 5) is 0. The lowest BCUT2D eigenvalue weighted by Crippen LogP contribution is -2.11. The van der Waals surface area contributed by atoms with Crippen molar-refractivity contribution in [2.24, 2.45) is 0 Å². The van der Waals surface area contributed by atoms with E-state index in [0.717, 1.165) is 0 Å². The van der Waals surface area contributed by atoms with Crippen LogP contribution in [0.3, 0.4) is 0 Å². The van der Waals surface area contributed by atoms with E-state index in [1.165, 1.54) is 142 Å². The summed E-state index contributed by atoms with van der Waals surface area (Å²) in [7, 11) is 0. The molecule has 5 aromatic heterocycles. The Morgan fingerprint density at radius 2 is 0.851 bits per heavy atom. The zero-order valence-corrected chi connectivity index (χ0v) is 39.9. The Bertz CT molecular complexity index is 4410. The van der Waals surface area contributed by atoms with Crippen LogP contribution in [0, 0.1) is 0 Å². The normalized spacial score (nSPS) is 13.4. The summed E-state index contributed by atoms with van der Waals surface area (Å²) >= 11 is 0. The van der Waals surface area contributed by atoms with Gasteiger partial charge in [0.2, 0.25) is 0 Å². The van der Waals surface area contributed by atoms with E-state index in [4.69, 9.17) is 0 Å². The first-order valence-electron chi connectivity index (χ1n) is 24.1. The Hall–Kier alpha value is -7.36. The summed E-state index contributed by atoms with van der Waals surface area (Å²) in [5.41, 5.74) is 17.8. The van der Waals surface area contributed by atoms with Crippen LogP contribution >= 0.6 is 0 Å². The van der Waals surface area contributed by atoms with Crippen molar-refractivity contribution < 1.29 is 0 Å². The molecule has 0 aliphatic heterocycles. The first-order chi connectivity index (χ1) is 32.1. The molecule has 0 aliphatic rings. The van der Waals surface area contributed by atoms with Crippen LogP contribution in [0.2, 0.25) is 0 Å².